The Bertz CT molecular complexity index is 1340. The van der Waals surface area contributed by atoms with Gasteiger partial charge in [-0.1, -0.05) is 19.1 Å². The molecule has 2 aliphatic heterocycles. The van der Waals surface area contributed by atoms with Gasteiger partial charge in [0.1, 0.15) is 11.6 Å². The van der Waals surface area contributed by atoms with Crippen LogP contribution in [-0.4, -0.2) is 71.6 Å². The van der Waals surface area contributed by atoms with E-state index in [1.807, 2.05) is 32.6 Å². The van der Waals surface area contributed by atoms with E-state index in [2.05, 4.69) is 4.90 Å². The highest BCUT2D eigenvalue weighted by atomic mass is 19.4. The lowest BCUT2D eigenvalue weighted by molar-refractivity contribution is -0.142. The number of aliphatic carboxylic acids is 1. The van der Waals surface area contributed by atoms with Crippen LogP contribution in [0.25, 0.3) is 0 Å². The summed E-state index contributed by atoms with van der Waals surface area (Å²) in [4.78, 5) is 30.8. The SMILES string of the molecule is CCN(C[C@H](CC(=O)N1CCC(c2ccc(C(F)(F)F)cc2N2CCC(C(=O)O)CC2)CC1)c1ccc(F)cc1F)C(C)(C)C. The second-order valence-corrected chi connectivity index (χ2v) is 13.3. The Labute approximate surface area is 262 Å². The Kier molecular flexibility index (Phi) is 10.8. The molecule has 6 nitrogen and oxygen atoms in total. The zero-order valence-corrected chi connectivity index (χ0v) is 26.5. The number of hydrogen-bond acceptors (Lipinski definition) is 4. The van der Waals surface area contributed by atoms with Crippen LogP contribution >= 0.6 is 0 Å². The van der Waals surface area contributed by atoms with Gasteiger partial charge in [-0.2, -0.15) is 13.2 Å². The van der Waals surface area contributed by atoms with Gasteiger partial charge in [0, 0.05) is 62.4 Å². The van der Waals surface area contributed by atoms with Crippen LogP contribution < -0.4 is 4.90 Å². The fraction of sp³-hybridized carbons (Fsp3) is 0.588. The van der Waals surface area contributed by atoms with E-state index in [9.17, 15) is 36.6 Å². The minimum atomic E-state index is -4.51. The molecule has 0 aliphatic carbocycles. The van der Waals surface area contributed by atoms with Gasteiger partial charge in [-0.3, -0.25) is 14.5 Å². The first-order chi connectivity index (χ1) is 21.1. The first kappa shape index (κ1) is 34.7. The predicted octanol–water partition coefficient (Wildman–Crippen LogP) is 7.28. The van der Waals surface area contributed by atoms with Gasteiger partial charge in [-0.05, 0) is 88.2 Å². The normalized spacial score (nSPS) is 18.0. The van der Waals surface area contributed by atoms with Crippen LogP contribution in [0.15, 0.2) is 36.4 Å². The average Bonchev–Trinajstić information content (AvgIpc) is 2.98. The molecule has 4 rings (SSSR count). The number of halogens is 5. The zero-order valence-electron chi connectivity index (χ0n) is 26.5. The Hall–Kier alpha value is -3.21. The van der Waals surface area contributed by atoms with Crippen LogP contribution in [-0.2, 0) is 15.8 Å². The summed E-state index contributed by atoms with van der Waals surface area (Å²) in [5.74, 6) is -3.48. The molecular formula is C34H44F5N3O3. The number of carboxylic acids is 1. The van der Waals surface area contributed by atoms with E-state index in [0.29, 0.717) is 76.2 Å². The van der Waals surface area contributed by atoms with E-state index in [-0.39, 0.29) is 23.8 Å². The third kappa shape index (κ3) is 8.54. The lowest BCUT2D eigenvalue weighted by Crippen LogP contribution is -2.45. The lowest BCUT2D eigenvalue weighted by atomic mass is 9.86. The number of nitrogens with zero attached hydrogens (tertiary/aromatic N) is 3. The van der Waals surface area contributed by atoms with Crippen molar-refractivity contribution in [2.75, 3.05) is 44.2 Å². The van der Waals surface area contributed by atoms with Crippen LogP contribution in [0.5, 0.6) is 0 Å². The Morgan fingerprint density at radius 3 is 2.13 bits per heavy atom. The van der Waals surface area contributed by atoms with Gasteiger partial charge in [-0.15, -0.1) is 0 Å². The van der Waals surface area contributed by atoms with Crippen LogP contribution in [0.3, 0.4) is 0 Å². The molecule has 2 aliphatic rings. The third-order valence-corrected chi connectivity index (χ3v) is 9.42. The van der Waals surface area contributed by atoms with E-state index in [4.69, 9.17) is 0 Å². The molecule has 0 spiro atoms. The Morgan fingerprint density at radius 1 is 0.956 bits per heavy atom. The summed E-state index contributed by atoms with van der Waals surface area (Å²) in [6, 6.07) is 7.26. The quantitative estimate of drug-likeness (QED) is 0.293. The van der Waals surface area contributed by atoms with Crippen molar-refractivity contribution in [2.45, 2.75) is 83.4 Å². The summed E-state index contributed by atoms with van der Waals surface area (Å²) in [6.45, 7) is 10.8. The number of hydrogen-bond donors (Lipinski definition) is 1. The summed E-state index contributed by atoms with van der Waals surface area (Å²) in [5, 5.41) is 9.37. The number of piperidine rings is 2. The minimum Gasteiger partial charge on any atom is -0.481 e. The van der Waals surface area contributed by atoms with Crippen molar-refractivity contribution < 1.29 is 36.6 Å². The highest BCUT2D eigenvalue weighted by Gasteiger charge is 2.35. The predicted molar refractivity (Wildman–Crippen MR) is 163 cm³/mol. The topological polar surface area (TPSA) is 64.1 Å². The zero-order chi connectivity index (χ0) is 33.1. The number of anilines is 1. The summed E-state index contributed by atoms with van der Waals surface area (Å²) >= 11 is 0. The van der Waals surface area contributed by atoms with Crippen molar-refractivity contribution in [3.8, 4) is 0 Å². The standard InChI is InChI=1S/C34H44F5N3O3/c1-5-42(33(2,3)4)21-24(27-9-7-26(35)20-29(27)36)18-31(43)41-16-10-22(11-17-41)28-8-6-25(34(37,38)39)19-30(28)40-14-12-23(13-15-40)32(44)45/h6-9,19-20,22-24H,5,10-18,21H2,1-4H3,(H,44,45)/t24-/m0/s1. The summed E-state index contributed by atoms with van der Waals surface area (Å²) in [7, 11) is 0. The molecule has 1 atom stereocenters. The number of alkyl halides is 3. The Balaban J connectivity index is 1.50. The van der Waals surface area contributed by atoms with Crippen molar-refractivity contribution in [1.82, 2.24) is 9.80 Å². The van der Waals surface area contributed by atoms with E-state index in [1.165, 1.54) is 24.3 Å². The van der Waals surface area contributed by atoms with Gasteiger partial charge >= 0.3 is 12.1 Å². The highest BCUT2D eigenvalue weighted by Crippen LogP contribution is 2.41. The molecule has 0 bridgehead atoms. The van der Waals surface area contributed by atoms with Gasteiger partial charge in [0.05, 0.1) is 11.5 Å². The smallest absolute Gasteiger partial charge is 0.416 e. The van der Waals surface area contributed by atoms with Crippen molar-refractivity contribution in [3.05, 3.63) is 64.7 Å². The molecule has 2 saturated heterocycles. The van der Waals surface area contributed by atoms with Crippen molar-refractivity contribution in [2.24, 2.45) is 5.92 Å². The molecule has 0 unspecified atom stereocenters. The van der Waals surface area contributed by atoms with Crippen LogP contribution in [0.1, 0.15) is 88.3 Å². The van der Waals surface area contributed by atoms with E-state index >= 15 is 0 Å². The number of carbonyl (C=O) groups is 2. The average molecular weight is 638 g/mol. The molecule has 2 aromatic rings. The molecule has 1 N–H and O–H groups in total. The van der Waals surface area contributed by atoms with Crippen molar-refractivity contribution in [3.63, 3.8) is 0 Å². The van der Waals surface area contributed by atoms with Crippen LogP contribution in [0, 0.1) is 17.6 Å². The largest absolute Gasteiger partial charge is 0.481 e. The molecule has 248 valence electrons. The maximum Gasteiger partial charge on any atom is 0.416 e. The molecule has 1 amide bonds. The number of carboxylic acid groups (broad SMARTS) is 1. The van der Waals surface area contributed by atoms with Crippen LogP contribution in [0.4, 0.5) is 27.6 Å². The summed E-state index contributed by atoms with van der Waals surface area (Å²) in [5.41, 5.74) is 0.576. The van der Waals surface area contributed by atoms with Crippen LogP contribution in [0.2, 0.25) is 0 Å². The number of rotatable bonds is 9. The van der Waals surface area contributed by atoms with E-state index in [0.717, 1.165) is 17.7 Å². The fourth-order valence-corrected chi connectivity index (χ4v) is 6.73. The van der Waals surface area contributed by atoms with Gasteiger partial charge in [0.15, 0.2) is 0 Å². The fourth-order valence-electron chi connectivity index (χ4n) is 6.73. The van der Waals surface area contributed by atoms with Gasteiger partial charge in [0.2, 0.25) is 5.91 Å². The molecule has 0 saturated carbocycles. The number of amides is 1. The molecular weight excluding hydrogens is 593 g/mol. The third-order valence-electron chi connectivity index (χ3n) is 9.42. The number of carbonyl (C=O) groups excluding carboxylic acids is 1. The maximum atomic E-state index is 15.0. The lowest BCUT2D eigenvalue weighted by Gasteiger charge is -2.39. The first-order valence-electron chi connectivity index (χ1n) is 15.7. The molecule has 0 aromatic heterocycles. The van der Waals surface area contributed by atoms with E-state index < -0.39 is 41.2 Å². The summed E-state index contributed by atoms with van der Waals surface area (Å²) in [6.07, 6.45) is -2.65. The molecule has 0 radical (unpaired) electrons. The van der Waals surface area contributed by atoms with Crippen molar-refractivity contribution >= 4 is 17.6 Å². The number of likely N-dealkylation sites (tertiary alicyclic amines) is 1. The van der Waals surface area contributed by atoms with Crippen molar-refractivity contribution in [1.29, 1.82) is 0 Å². The first-order valence-corrected chi connectivity index (χ1v) is 15.7. The minimum absolute atomic E-state index is 0.0455. The molecule has 45 heavy (non-hydrogen) atoms. The second kappa shape index (κ2) is 14.1. The number of benzene rings is 2. The summed E-state index contributed by atoms with van der Waals surface area (Å²) < 4.78 is 69.7. The molecule has 2 heterocycles. The molecule has 11 heteroatoms. The number of likely N-dealkylation sites (N-methyl/N-ethyl adjacent to an activating group) is 1. The highest BCUT2D eigenvalue weighted by molar-refractivity contribution is 5.77. The van der Waals surface area contributed by atoms with E-state index in [1.54, 1.807) is 4.90 Å². The van der Waals surface area contributed by atoms with Gasteiger partial charge in [-0.25, -0.2) is 8.78 Å². The molecule has 2 fully saturated rings. The van der Waals surface area contributed by atoms with Gasteiger partial charge < -0.3 is 14.9 Å². The monoisotopic (exact) mass is 637 g/mol. The van der Waals surface area contributed by atoms with Gasteiger partial charge in [0.25, 0.3) is 0 Å². The maximum absolute atomic E-state index is 15.0. The second-order valence-electron chi connectivity index (χ2n) is 13.3. The Morgan fingerprint density at radius 2 is 1.60 bits per heavy atom. The molecule has 2 aromatic carbocycles.